The van der Waals surface area contributed by atoms with E-state index in [4.69, 9.17) is 0 Å². The van der Waals surface area contributed by atoms with E-state index in [1.54, 1.807) is 11.8 Å². The Balaban J connectivity index is 1.33. The molecule has 7 aromatic carbocycles. The molecule has 0 saturated heterocycles. The monoisotopic (exact) mass is 722 g/mol. The second-order valence-electron chi connectivity index (χ2n) is 15.0. The maximum atomic E-state index is 15.5. The first kappa shape index (κ1) is 31.9. The van der Waals surface area contributed by atoms with E-state index < -0.39 is 11.7 Å². The number of para-hydroxylation sites is 1. The smallest absolute Gasteiger partial charge is 0.312 e. The number of halogens is 3. The summed E-state index contributed by atoms with van der Waals surface area (Å²) >= 11 is 1.73. The van der Waals surface area contributed by atoms with Gasteiger partial charge in [0.1, 0.15) is 0 Å². The van der Waals surface area contributed by atoms with Crippen molar-refractivity contribution in [2.75, 3.05) is 9.80 Å². The molecule has 0 atom stereocenters. The predicted octanol–water partition coefficient (Wildman–Crippen LogP) is 8.67. The van der Waals surface area contributed by atoms with Crippen LogP contribution in [0.15, 0.2) is 143 Å². The Morgan fingerprint density at radius 2 is 1.04 bits per heavy atom. The van der Waals surface area contributed by atoms with Crippen molar-refractivity contribution in [3.63, 3.8) is 0 Å². The van der Waals surface area contributed by atoms with Crippen molar-refractivity contribution in [3.05, 3.63) is 156 Å². The third-order valence-electron chi connectivity index (χ3n) is 11.7. The highest BCUT2D eigenvalue weighted by Gasteiger charge is 2.51. The first-order valence-electron chi connectivity index (χ1n) is 18.3. The van der Waals surface area contributed by atoms with Gasteiger partial charge in [0.25, 0.3) is 6.71 Å². The summed E-state index contributed by atoms with van der Waals surface area (Å²) in [6, 6.07) is 44.7. The third kappa shape index (κ3) is 4.34. The van der Waals surface area contributed by atoms with Gasteiger partial charge >= 0.3 is 6.18 Å². The molecule has 258 valence electrons. The second-order valence-corrected chi connectivity index (χ2v) is 16.1. The maximum Gasteiger partial charge on any atom is 0.418 e. The molecule has 0 saturated carbocycles. The summed E-state index contributed by atoms with van der Waals surface area (Å²) in [5.41, 5.74) is 16.0. The molecule has 0 bridgehead atoms. The highest BCUT2D eigenvalue weighted by Crippen LogP contribution is 2.52. The molecule has 0 N–H and O–H groups in total. The Morgan fingerprint density at radius 3 is 1.65 bits per heavy atom. The van der Waals surface area contributed by atoms with Gasteiger partial charge in [0.2, 0.25) is 6.71 Å². The van der Waals surface area contributed by atoms with E-state index in [2.05, 4.69) is 98.5 Å². The van der Waals surface area contributed by atoms with E-state index in [0.29, 0.717) is 5.56 Å². The van der Waals surface area contributed by atoms with Crippen LogP contribution in [-0.2, 0) is 6.18 Å². The molecule has 8 heteroatoms. The molecule has 0 aliphatic carbocycles. The van der Waals surface area contributed by atoms with Crippen molar-refractivity contribution >= 4 is 92.1 Å². The van der Waals surface area contributed by atoms with Crippen LogP contribution in [0.4, 0.5) is 47.3 Å². The molecular formula is C46H31B2F3N2S. The van der Waals surface area contributed by atoms with Crippen LogP contribution in [0.2, 0.25) is 0 Å². The number of nitrogens with zero attached hydrogens (tertiary/aromatic N) is 2. The van der Waals surface area contributed by atoms with Crippen LogP contribution < -0.4 is 42.6 Å². The van der Waals surface area contributed by atoms with E-state index in [9.17, 15) is 0 Å². The molecular weight excluding hydrogens is 691 g/mol. The zero-order valence-electron chi connectivity index (χ0n) is 29.8. The molecule has 11 rings (SSSR count). The van der Waals surface area contributed by atoms with Gasteiger partial charge in [-0.05, 0) is 90.0 Å². The number of hydrogen-bond donors (Lipinski definition) is 0. The zero-order chi connectivity index (χ0) is 36.6. The van der Waals surface area contributed by atoms with Gasteiger partial charge in [-0.3, -0.25) is 0 Å². The van der Waals surface area contributed by atoms with Gasteiger partial charge in [0.15, 0.2) is 0 Å². The Morgan fingerprint density at radius 1 is 0.481 bits per heavy atom. The lowest BCUT2D eigenvalue weighted by Crippen LogP contribution is -2.68. The van der Waals surface area contributed by atoms with E-state index in [0.717, 1.165) is 66.4 Å². The van der Waals surface area contributed by atoms with Crippen LogP contribution in [0.3, 0.4) is 0 Å². The van der Waals surface area contributed by atoms with E-state index >= 15 is 13.2 Å². The molecule has 0 spiro atoms. The van der Waals surface area contributed by atoms with E-state index in [1.165, 1.54) is 39.0 Å². The van der Waals surface area contributed by atoms with Gasteiger partial charge in [0.05, 0.1) is 11.3 Å². The summed E-state index contributed by atoms with van der Waals surface area (Å²) in [6.45, 7) is 6.14. The lowest BCUT2D eigenvalue weighted by Gasteiger charge is -2.50. The Hall–Kier alpha value is -5.59. The van der Waals surface area contributed by atoms with Crippen molar-refractivity contribution < 1.29 is 13.2 Å². The molecule has 54 heavy (non-hydrogen) atoms. The average Bonchev–Trinajstić information content (AvgIpc) is 3.17. The zero-order valence-corrected chi connectivity index (χ0v) is 30.6. The van der Waals surface area contributed by atoms with Crippen LogP contribution in [0.1, 0.15) is 22.3 Å². The normalized spacial score (nSPS) is 14.3. The highest BCUT2D eigenvalue weighted by molar-refractivity contribution is 8.00. The third-order valence-corrected chi connectivity index (χ3v) is 12.8. The number of hydrogen-bond acceptors (Lipinski definition) is 3. The second kappa shape index (κ2) is 11.2. The number of rotatable bonds is 2. The Bertz CT molecular complexity index is 2760. The minimum atomic E-state index is -4.60. The van der Waals surface area contributed by atoms with Crippen LogP contribution in [-0.4, -0.2) is 13.4 Å². The fourth-order valence-corrected chi connectivity index (χ4v) is 10.7. The van der Waals surface area contributed by atoms with Gasteiger partial charge in [-0.15, -0.1) is 0 Å². The highest BCUT2D eigenvalue weighted by atomic mass is 32.2. The molecule has 0 amide bonds. The molecule has 4 aliphatic heterocycles. The first-order valence-corrected chi connectivity index (χ1v) is 19.1. The topological polar surface area (TPSA) is 6.48 Å². The summed E-state index contributed by atoms with van der Waals surface area (Å²) in [5, 5.41) is 0. The molecule has 0 aromatic heterocycles. The van der Waals surface area contributed by atoms with Gasteiger partial charge < -0.3 is 9.80 Å². The lowest BCUT2D eigenvalue weighted by molar-refractivity contribution is -0.137. The van der Waals surface area contributed by atoms with Crippen molar-refractivity contribution in [2.24, 2.45) is 0 Å². The number of fused-ring (bicyclic) bond motifs is 10. The first-order chi connectivity index (χ1) is 26.2. The van der Waals surface area contributed by atoms with Gasteiger partial charge in [0, 0.05) is 43.8 Å². The molecule has 2 nitrogen and oxygen atoms in total. The molecule has 0 radical (unpaired) electrons. The summed E-state index contributed by atoms with van der Waals surface area (Å²) in [4.78, 5) is 6.62. The molecule has 0 fully saturated rings. The largest absolute Gasteiger partial charge is 0.418 e. The van der Waals surface area contributed by atoms with Gasteiger partial charge in [-0.2, -0.15) is 13.2 Å². The average molecular weight is 722 g/mol. The summed E-state index contributed by atoms with van der Waals surface area (Å²) in [7, 11) is 0. The fourth-order valence-electron chi connectivity index (χ4n) is 9.56. The summed E-state index contributed by atoms with van der Waals surface area (Å²) in [6.07, 6.45) is -4.60. The van der Waals surface area contributed by atoms with E-state index in [-0.39, 0.29) is 19.1 Å². The lowest BCUT2D eigenvalue weighted by atomic mass is 9.29. The molecule has 4 aliphatic rings. The molecule has 4 heterocycles. The number of anilines is 6. The van der Waals surface area contributed by atoms with Crippen molar-refractivity contribution in [3.8, 4) is 11.1 Å². The minimum absolute atomic E-state index is 0.0220. The maximum absolute atomic E-state index is 15.5. The Labute approximate surface area is 317 Å². The predicted molar refractivity (Wildman–Crippen MR) is 220 cm³/mol. The molecule has 0 unspecified atom stereocenters. The van der Waals surface area contributed by atoms with Crippen molar-refractivity contribution in [1.82, 2.24) is 0 Å². The molecule has 7 aromatic rings. The number of benzene rings is 7. The SMILES string of the molecule is Cc1ccc2c(c1)B1c3cc(C)ccc3N3c4ccc(C)cc4B4c5ccccc5Sc5cc(c1c3c54)N2c1c(-c2ccccc2)cccc1C(F)(F)F. The fraction of sp³-hybridized carbons (Fsp3) is 0.0870. The quantitative estimate of drug-likeness (QED) is 0.165. The summed E-state index contributed by atoms with van der Waals surface area (Å²) in [5.74, 6) is 0. The van der Waals surface area contributed by atoms with Crippen LogP contribution in [0.5, 0.6) is 0 Å². The standard InChI is InChI=1S/C46H31B2F3N2S/c1-26-16-19-36-33(22-26)47-32-14-7-8-15-40(32)54-41-25-39-42-45(43(41)47)52(36)37-20-17-27(2)23-34(37)48(42)35-24-28(3)18-21-38(35)53(39)44-30(29-10-5-4-6-11-29)12-9-13-31(44)46(49,50)51/h4-25H,1-3H3. The minimum Gasteiger partial charge on any atom is -0.312 e. The van der Waals surface area contributed by atoms with Crippen LogP contribution in [0, 0.1) is 20.8 Å². The Kier molecular flexibility index (Phi) is 6.63. The van der Waals surface area contributed by atoms with Gasteiger partial charge in [-0.1, -0.05) is 131 Å². The van der Waals surface area contributed by atoms with E-state index in [1.807, 2.05) is 53.4 Å². The van der Waals surface area contributed by atoms with Crippen molar-refractivity contribution in [1.29, 1.82) is 0 Å². The number of alkyl halides is 3. The summed E-state index contributed by atoms with van der Waals surface area (Å²) < 4.78 is 46.5. The number of aryl methyl sites for hydroxylation is 3. The van der Waals surface area contributed by atoms with Crippen LogP contribution >= 0.6 is 11.8 Å². The van der Waals surface area contributed by atoms with Gasteiger partial charge in [-0.25, -0.2) is 0 Å². The van der Waals surface area contributed by atoms with Crippen molar-refractivity contribution in [2.45, 2.75) is 36.7 Å². The van der Waals surface area contributed by atoms with Crippen LogP contribution in [0.25, 0.3) is 11.1 Å².